The van der Waals surface area contributed by atoms with Gasteiger partial charge in [-0.15, -0.1) is 12.3 Å². The molecule has 0 amide bonds. The summed E-state index contributed by atoms with van der Waals surface area (Å²) >= 11 is 0. The summed E-state index contributed by atoms with van der Waals surface area (Å²) in [6, 6.07) is 14.4. The molecule has 0 aliphatic rings. The number of nitrogens with zero attached hydrogens (tertiary/aromatic N) is 3. The SMILES string of the molecule is C#CCCc1nn(CC=CC)c(=O)n1Cc1ccc(-c2ccccc2C(=O)O)cc1. The molecular formula is C24H23N3O3. The van der Waals surface area contributed by atoms with E-state index in [1.807, 2.05) is 49.4 Å². The normalized spacial score (nSPS) is 10.9. The van der Waals surface area contributed by atoms with E-state index in [1.165, 1.54) is 4.68 Å². The van der Waals surface area contributed by atoms with Crippen molar-refractivity contribution in [1.82, 2.24) is 14.3 Å². The Morgan fingerprint density at radius 3 is 2.60 bits per heavy atom. The molecule has 0 aliphatic heterocycles. The number of hydrogen-bond acceptors (Lipinski definition) is 3. The molecule has 3 aromatic rings. The number of hydrogen-bond donors (Lipinski definition) is 1. The lowest BCUT2D eigenvalue weighted by Crippen LogP contribution is -2.25. The lowest BCUT2D eigenvalue weighted by atomic mass is 9.99. The topological polar surface area (TPSA) is 77.1 Å². The number of terminal acetylenes is 1. The Morgan fingerprint density at radius 1 is 1.20 bits per heavy atom. The Bertz CT molecular complexity index is 1160. The van der Waals surface area contributed by atoms with Gasteiger partial charge < -0.3 is 5.11 Å². The Balaban J connectivity index is 1.90. The third kappa shape index (κ3) is 4.58. The van der Waals surface area contributed by atoms with Crippen molar-refractivity contribution < 1.29 is 9.90 Å². The highest BCUT2D eigenvalue weighted by molar-refractivity contribution is 5.95. The van der Waals surface area contributed by atoms with E-state index in [2.05, 4.69) is 11.0 Å². The minimum Gasteiger partial charge on any atom is -0.478 e. The van der Waals surface area contributed by atoms with Crippen LogP contribution in [0, 0.1) is 12.3 Å². The zero-order chi connectivity index (χ0) is 21.5. The Kier molecular flexibility index (Phi) is 6.66. The van der Waals surface area contributed by atoms with E-state index >= 15 is 0 Å². The smallest absolute Gasteiger partial charge is 0.346 e. The first-order valence-corrected chi connectivity index (χ1v) is 9.68. The molecule has 1 N–H and O–H groups in total. The number of aromatic carboxylic acids is 1. The Hall–Kier alpha value is -3.85. The van der Waals surface area contributed by atoms with Crippen molar-refractivity contribution in [2.45, 2.75) is 32.9 Å². The lowest BCUT2D eigenvalue weighted by Gasteiger charge is -2.09. The van der Waals surface area contributed by atoms with Gasteiger partial charge >= 0.3 is 11.7 Å². The van der Waals surface area contributed by atoms with Crippen LogP contribution < -0.4 is 5.69 Å². The standard InChI is InChI=1S/C24H23N3O3/c1-3-5-11-22-25-27(16-6-4-2)24(30)26(22)17-18-12-14-19(15-13-18)20-9-7-8-10-21(20)23(28)29/h1,4,6-10,12-15H,5,11,16-17H2,2H3,(H,28,29). The summed E-state index contributed by atoms with van der Waals surface area (Å²) in [5.74, 6) is 2.28. The molecule has 6 nitrogen and oxygen atoms in total. The van der Waals surface area contributed by atoms with Gasteiger partial charge in [-0.2, -0.15) is 5.10 Å². The second kappa shape index (κ2) is 9.57. The Labute approximate surface area is 175 Å². The highest BCUT2D eigenvalue weighted by Crippen LogP contribution is 2.24. The van der Waals surface area contributed by atoms with E-state index in [9.17, 15) is 14.7 Å². The number of benzene rings is 2. The first-order chi connectivity index (χ1) is 14.5. The highest BCUT2D eigenvalue weighted by Gasteiger charge is 2.14. The molecule has 0 fully saturated rings. The van der Waals surface area contributed by atoms with E-state index in [0.29, 0.717) is 37.3 Å². The largest absolute Gasteiger partial charge is 0.478 e. The lowest BCUT2D eigenvalue weighted by molar-refractivity contribution is 0.0697. The van der Waals surface area contributed by atoms with Gasteiger partial charge in [0.1, 0.15) is 5.82 Å². The summed E-state index contributed by atoms with van der Waals surface area (Å²) in [5.41, 5.74) is 2.45. The van der Waals surface area contributed by atoms with Crippen LogP contribution in [-0.2, 0) is 19.5 Å². The fourth-order valence-corrected chi connectivity index (χ4v) is 3.23. The number of aromatic nitrogens is 3. The molecule has 0 aliphatic carbocycles. The van der Waals surface area contributed by atoms with Gasteiger partial charge in [0.05, 0.1) is 18.7 Å². The predicted octanol–water partition coefficient (Wildman–Crippen LogP) is 3.60. The summed E-state index contributed by atoms with van der Waals surface area (Å²) in [6.07, 6.45) is 10.2. The van der Waals surface area contributed by atoms with E-state index in [1.54, 1.807) is 22.8 Å². The number of carboxylic acid groups (broad SMARTS) is 1. The average Bonchev–Trinajstić information content (AvgIpc) is 3.05. The molecule has 6 heteroatoms. The molecule has 1 aromatic heterocycles. The first-order valence-electron chi connectivity index (χ1n) is 9.68. The molecule has 0 unspecified atom stereocenters. The highest BCUT2D eigenvalue weighted by atomic mass is 16.4. The minimum atomic E-state index is -0.965. The van der Waals surface area contributed by atoms with Crippen molar-refractivity contribution in [2.24, 2.45) is 0 Å². The van der Waals surface area contributed by atoms with Crippen LogP contribution in [0.15, 0.2) is 65.5 Å². The van der Waals surface area contributed by atoms with Gasteiger partial charge in [-0.05, 0) is 29.7 Å². The van der Waals surface area contributed by atoms with Gasteiger partial charge in [0.2, 0.25) is 0 Å². The number of carboxylic acids is 1. The van der Waals surface area contributed by atoms with Crippen LogP contribution in [0.4, 0.5) is 0 Å². The van der Waals surface area contributed by atoms with E-state index in [0.717, 1.165) is 11.1 Å². The van der Waals surface area contributed by atoms with Crippen LogP contribution in [0.2, 0.25) is 0 Å². The van der Waals surface area contributed by atoms with Crippen LogP contribution >= 0.6 is 0 Å². The van der Waals surface area contributed by atoms with Crippen molar-refractivity contribution in [3.05, 3.63) is 88.1 Å². The predicted molar refractivity (Wildman–Crippen MR) is 116 cm³/mol. The average molecular weight is 401 g/mol. The van der Waals surface area contributed by atoms with Gasteiger partial charge in [-0.25, -0.2) is 14.3 Å². The first kappa shape index (κ1) is 20.9. The molecule has 0 bridgehead atoms. The van der Waals surface area contributed by atoms with Crippen LogP contribution in [0.5, 0.6) is 0 Å². The molecule has 2 aromatic carbocycles. The van der Waals surface area contributed by atoms with Gasteiger partial charge in [0.25, 0.3) is 0 Å². The van der Waals surface area contributed by atoms with Gasteiger partial charge in [0.15, 0.2) is 0 Å². The number of carbonyl (C=O) groups is 1. The molecule has 1 heterocycles. The minimum absolute atomic E-state index is 0.180. The maximum Gasteiger partial charge on any atom is 0.346 e. The van der Waals surface area contributed by atoms with Crippen molar-refractivity contribution in [2.75, 3.05) is 0 Å². The van der Waals surface area contributed by atoms with Gasteiger partial charge in [-0.1, -0.05) is 54.6 Å². The molecule has 0 saturated carbocycles. The molecule has 0 spiro atoms. The summed E-state index contributed by atoms with van der Waals surface area (Å²) in [7, 11) is 0. The van der Waals surface area contributed by atoms with Crippen LogP contribution in [0.1, 0.15) is 35.1 Å². The number of rotatable bonds is 8. The fraction of sp³-hybridized carbons (Fsp3) is 0.208. The molecule has 3 rings (SSSR count). The summed E-state index contributed by atoms with van der Waals surface area (Å²) in [4.78, 5) is 24.3. The van der Waals surface area contributed by atoms with Crippen molar-refractivity contribution in [3.8, 4) is 23.5 Å². The quantitative estimate of drug-likeness (QED) is 0.462. The molecular weight excluding hydrogens is 378 g/mol. The molecule has 0 atom stereocenters. The molecule has 0 radical (unpaired) electrons. The van der Waals surface area contributed by atoms with Crippen LogP contribution in [0.25, 0.3) is 11.1 Å². The molecule has 152 valence electrons. The Morgan fingerprint density at radius 2 is 1.93 bits per heavy atom. The second-order valence-electron chi connectivity index (χ2n) is 6.79. The maximum absolute atomic E-state index is 12.8. The number of aryl methyl sites for hydroxylation is 1. The zero-order valence-electron chi connectivity index (χ0n) is 16.8. The number of allylic oxidation sites excluding steroid dienone is 2. The zero-order valence-corrected chi connectivity index (χ0v) is 16.8. The summed E-state index contributed by atoms with van der Waals surface area (Å²) < 4.78 is 3.07. The van der Waals surface area contributed by atoms with E-state index < -0.39 is 5.97 Å². The maximum atomic E-state index is 12.8. The van der Waals surface area contributed by atoms with Crippen molar-refractivity contribution >= 4 is 5.97 Å². The molecule has 30 heavy (non-hydrogen) atoms. The second-order valence-corrected chi connectivity index (χ2v) is 6.79. The third-order valence-corrected chi connectivity index (χ3v) is 4.77. The fourth-order valence-electron chi connectivity index (χ4n) is 3.23. The van der Waals surface area contributed by atoms with Crippen molar-refractivity contribution in [1.29, 1.82) is 0 Å². The molecule has 0 saturated heterocycles. The third-order valence-electron chi connectivity index (χ3n) is 4.77. The monoisotopic (exact) mass is 401 g/mol. The van der Waals surface area contributed by atoms with E-state index in [-0.39, 0.29) is 11.3 Å². The van der Waals surface area contributed by atoms with E-state index in [4.69, 9.17) is 6.42 Å². The summed E-state index contributed by atoms with van der Waals surface area (Å²) in [6.45, 7) is 2.68. The van der Waals surface area contributed by atoms with Crippen molar-refractivity contribution in [3.63, 3.8) is 0 Å². The van der Waals surface area contributed by atoms with Gasteiger partial charge in [0, 0.05) is 12.8 Å². The van der Waals surface area contributed by atoms with Crippen LogP contribution in [-0.4, -0.2) is 25.4 Å². The summed E-state index contributed by atoms with van der Waals surface area (Å²) in [5, 5.41) is 13.8. The van der Waals surface area contributed by atoms with Crippen LogP contribution in [0.3, 0.4) is 0 Å². The van der Waals surface area contributed by atoms with Gasteiger partial charge in [-0.3, -0.25) is 4.57 Å².